The lowest BCUT2D eigenvalue weighted by Gasteiger charge is -2.36. The Bertz CT molecular complexity index is 886. The summed E-state index contributed by atoms with van der Waals surface area (Å²) < 4.78 is 0. The molecule has 3 rings (SSSR count). The molecule has 2 aromatic rings. The van der Waals surface area contributed by atoms with E-state index in [4.69, 9.17) is 5.73 Å². The molecule has 6 nitrogen and oxygen atoms in total. The molecular formula is C22H26N2O4. The van der Waals surface area contributed by atoms with Gasteiger partial charge in [-0.2, -0.15) is 0 Å². The van der Waals surface area contributed by atoms with Crippen LogP contribution in [-0.4, -0.2) is 39.6 Å². The smallest absolute Gasteiger partial charge is 0.326 e. The summed E-state index contributed by atoms with van der Waals surface area (Å²) in [5.74, 6) is -1.58. The van der Waals surface area contributed by atoms with Gasteiger partial charge in [-0.05, 0) is 60.2 Å². The molecule has 6 heteroatoms. The molecular weight excluding hydrogens is 356 g/mol. The number of aliphatic carboxylic acids is 1. The number of amides is 1. The van der Waals surface area contributed by atoms with E-state index < -0.39 is 17.9 Å². The first-order valence-corrected chi connectivity index (χ1v) is 9.41. The van der Waals surface area contributed by atoms with E-state index in [1.54, 1.807) is 12.1 Å². The van der Waals surface area contributed by atoms with E-state index in [1.165, 1.54) is 4.90 Å². The Morgan fingerprint density at radius 1 is 1.18 bits per heavy atom. The normalized spacial score (nSPS) is 17.1. The van der Waals surface area contributed by atoms with Gasteiger partial charge in [-0.25, -0.2) is 4.79 Å². The lowest BCUT2D eigenvalue weighted by Crippen LogP contribution is -2.52. The molecule has 0 saturated heterocycles. The van der Waals surface area contributed by atoms with Crippen molar-refractivity contribution in [1.29, 1.82) is 0 Å². The molecule has 0 bridgehead atoms. The number of aromatic hydroxyl groups is 1. The minimum atomic E-state index is -1.00. The van der Waals surface area contributed by atoms with Gasteiger partial charge in [0.25, 0.3) is 0 Å². The van der Waals surface area contributed by atoms with Crippen LogP contribution in [-0.2, 0) is 29.0 Å². The highest BCUT2D eigenvalue weighted by Gasteiger charge is 2.37. The van der Waals surface area contributed by atoms with Crippen LogP contribution in [0.1, 0.15) is 27.8 Å². The maximum atomic E-state index is 13.3. The van der Waals surface area contributed by atoms with Crippen molar-refractivity contribution in [2.75, 3.05) is 6.54 Å². The van der Waals surface area contributed by atoms with Crippen molar-refractivity contribution < 1.29 is 19.8 Å². The number of hydrogen-bond acceptors (Lipinski definition) is 4. The summed E-state index contributed by atoms with van der Waals surface area (Å²) in [6.45, 7) is 4.17. The van der Waals surface area contributed by atoms with Crippen molar-refractivity contribution >= 4 is 11.9 Å². The molecule has 0 aromatic heterocycles. The van der Waals surface area contributed by atoms with Crippen LogP contribution in [0.15, 0.2) is 36.4 Å². The minimum absolute atomic E-state index is 0.128. The standard InChI is InChI=1S/C22H26N2O4/c1-13-7-18(25)8-14(2)19(13)9-17(11-23)21(26)24-12-16-6-4-3-5-15(16)10-20(24)22(27)28/h3-8,17,20,25H,9-12,23H2,1-2H3,(H,27,28)/t17-,20+/m1/s1. The fourth-order valence-electron chi connectivity index (χ4n) is 4.02. The molecule has 0 radical (unpaired) electrons. The summed E-state index contributed by atoms with van der Waals surface area (Å²) in [5.41, 5.74) is 10.6. The molecule has 0 saturated carbocycles. The van der Waals surface area contributed by atoms with E-state index in [1.807, 2.05) is 38.1 Å². The Hall–Kier alpha value is -2.86. The molecule has 1 amide bonds. The van der Waals surface area contributed by atoms with Crippen LogP contribution in [0.5, 0.6) is 5.75 Å². The van der Waals surface area contributed by atoms with E-state index in [-0.39, 0.29) is 24.7 Å². The largest absolute Gasteiger partial charge is 0.508 e. The lowest BCUT2D eigenvalue weighted by atomic mass is 9.89. The van der Waals surface area contributed by atoms with Crippen molar-refractivity contribution in [2.45, 2.75) is 39.3 Å². The average Bonchev–Trinajstić information content (AvgIpc) is 2.66. The summed E-state index contributed by atoms with van der Waals surface area (Å²) in [4.78, 5) is 26.6. The fourth-order valence-corrected chi connectivity index (χ4v) is 4.02. The molecule has 4 N–H and O–H groups in total. The highest BCUT2D eigenvalue weighted by molar-refractivity contribution is 5.86. The number of carbonyl (C=O) groups is 2. The highest BCUT2D eigenvalue weighted by atomic mass is 16.4. The minimum Gasteiger partial charge on any atom is -0.508 e. The van der Waals surface area contributed by atoms with Crippen LogP contribution >= 0.6 is 0 Å². The molecule has 148 valence electrons. The summed E-state index contributed by atoms with van der Waals surface area (Å²) in [7, 11) is 0. The van der Waals surface area contributed by atoms with Gasteiger partial charge in [-0.15, -0.1) is 0 Å². The first-order chi connectivity index (χ1) is 13.3. The van der Waals surface area contributed by atoms with Crippen LogP contribution in [0, 0.1) is 19.8 Å². The monoisotopic (exact) mass is 382 g/mol. The molecule has 2 aromatic carbocycles. The molecule has 0 unspecified atom stereocenters. The van der Waals surface area contributed by atoms with E-state index in [2.05, 4.69) is 0 Å². The zero-order valence-electron chi connectivity index (χ0n) is 16.2. The molecule has 2 atom stereocenters. The Morgan fingerprint density at radius 2 is 1.79 bits per heavy atom. The summed E-state index contributed by atoms with van der Waals surface area (Å²) >= 11 is 0. The Morgan fingerprint density at radius 3 is 2.36 bits per heavy atom. The van der Waals surface area contributed by atoms with Gasteiger partial charge in [0.05, 0.1) is 5.92 Å². The molecule has 0 aliphatic carbocycles. The van der Waals surface area contributed by atoms with Crippen molar-refractivity contribution in [3.05, 3.63) is 64.2 Å². The van der Waals surface area contributed by atoms with E-state index in [0.717, 1.165) is 27.8 Å². The highest BCUT2D eigenvalue weighted by Crippen LogP contribution is 2.28. The van der Waals surface area contributed by atoms with Gasteiger partial charge in [-0.1, -0.05) is 24.3 Å². The molecule has 28 heavy (non-hydrogen) atoms. The van der Waals surface area contributed by atoms with Crippen LogP contribution in [0.4, 0.5) is 0 Å². The Labute approximate surface area is 164 Å². The Kier molecular flexibility index (Phi) is 5.70. The summed E-state index contributed by atoms with van der Waals surface area (Å²) in [6, 6.07) is 10.1. The van der Waals surface area contributed by atoms with Crippen molar-refractivity contribution in [2.24, 2.45) is 11.7 Å². The average molecular weight is 382 g/mol. The lowest BCUT2D eigenvalue weighted by molar-refractivity contribution is -0.153. The van der Waals surface area contributed by atoms with Crippen LogP contribution in [0.25, 0.3) is 0 Å². The Balaban J connectivity index is 1.89. The fraction of sp³-hybridized carbons (Fsp3) is 0.364. The number of carbonyl (C=O) groups excluding carboxylic acids is 1. The zero-order valence-corrected chi connectivity index (χ0v) is 16.2. The maximum absolute atomic E-state index is 13.3. The quantitative estimate of drug-likeness (QED) is 0.735. The third-order valence-corrected chi connectivity index (χ3v) is 5.58. The molecule has 1 aliphatic rings. The second-order valence-electron chi connectivity index (χ2n) is 7.49. The van der Waals surface area contributed by atoms with Crippen molar-refractivity contribution in [3.8, 4) is 5.75 Å². The summed E-state index contributed by atoms with van der Waals surface area (Å²) in [5, 5.41) is 19.4. The predicted octanol–water partition coefficient (Wildman–Crippen LogP) is 2.16. The number of rotatable bonds is 5. The molecule has 0 fully saturated rings. The van der Waals surface area contributed by atoms with E-state index in [9.17, 15) is 19.8 Å². The third kappa shape index (κ3) is 3.87. The predicted molar refractivity (Wildman–Crippen MR) is 106 cm³/mol. The SMILES string of the molecule is Cc1cc(O)cc(C)c1C[C@H](CN)C(=O)N1Cc2ccccc2C[C@H]1C(=O)O. The van der Waals surface area contributed by atoms with Crippen LogP contribution < -0.4 is 5.73 Å². The number of aryl methyl sites for hydroxylation is 2. The number of nitrogens with zero attached hydrogens (tertiary/aromatic N) is 1. The van der Waals surface area contributed by atoms with E-state index >= 15 is 0 Å². The number of fused-ring (bicyclic) bond motifs is 1. The number of carboxylic acids is 1. The topological polar surface area (TPSA) is 104 Å². The van der Waals surface area contributed by atoms with Crippen LogP contribution in [0.3, 0.4) is 0 Å². The zero-order chi connectivity index (χ0) is 20.4. The van der Waals surface area contributed by atoms with Crippen molar-refractivity contribution in [3.63, 3.8) is 0 Å². The van der Waals surface area contributed by atoms with Gasteiger partial charge in [0.1, 0.15) is 11.8 Å². The number of carboxylic acid groups (broad SMARTS) is 1. The molecule has 1 heterocycles. The van der Waals surface area contributed by atoms with Crippen LogP contribution in [0.2, 0.25) is 0 Å². The third-order valence-electron chi connectivity index (χ3n) is 5.58. The van der Waals surface area contributed by atoms with Gasteiger partial charge in [-0.3, -0.25) is 4.79 Å². The van der Waals surface area contributed by atoms with E-state index in [0.29, 0.717) is 12.8 Å². The number of phenols is 1. The number of benzene rings is 2. The number of phenolic OH excluding ortho intramolecular Hbond substituents is 1. The molecule has 0 spiro atoms. The summed E-state index contributed by atoms with van der Waals surface area (Å²) in [6.07, 6.45) is 0.712. The first kappa shape index (κ1) is 19.9. The number of nitrogens with two attached hydrogens (primary N) is 1. The second kappa shape index (κ2) is 8.02. The molecule has 1 aliphatic heterocycles. The number of hydrogen-bond donors (Lipinski definition) is 3. The van der Waals surface area contributed by atoms with Gasteiger partial charge in [0.15, 0.2) is 0 Å². The first-order valence-electron chi connectivity index (χ1n) is 9.41. The maximum Gasteiger partial charge on any atom is 0.326 e. The van der Waals surface area contributed by atoms with Crippen molar-refractivity contribution in [1.82, 2.24) is 4.90 Å². The van der Waals surface area contributed by atoms with Gasteiger partial charge in [0.2, 0.25) is 5.91 Å². The second-order valence-corrected chi connectivity index (χ2v) is 7.49. The van der Waals surface area contributed by atoms with Gasteiger partial charge >= 0.3 is 5.97 Å². The van der Waals surface area contributed by atoms with Gasteiger partial charge < -0.3 is 20.8 Å². The van der Waals surface area contributed by atoms with Gasteiger partial charge in [0, 0.05) is 19.5 Å².